The molecule has 3 N–H and O–H groups in total. The van der Waals surface area contributed by atoms with Gasteiger partial charge in [-0.05, 0) is 12.1 Å². The molecule has 1 heterocycles. The predicted octanol–water partition coefficient (Wildman–Crippen LogP) is 0.0823. The highest BCUT2D eigenvalue weighted by Crippen LogP contribution is 2.11. The third-order valence-electron chi connectivity index (χ3n) is 1.57. The van der Waals surface area contributed by atoms with Gasteiger partial charge in [-0.1, -0.05) is 0 Å². The second-order valence-corrected chi connectivity index (χ2v) is 2.41. The van der Waals surface area contributed by atoms with Crippen LogP contribution in [0.5, 0.6) is 5.75 Å². The lowest BCUT2D eigenvalue weighted by Crippen LogP contribution is -2.15. The average Bonchev–Trinajstić information content (AvgIpc) is 2.17. The largest absolute Gasteiger partial charge is 0.495 e. The summed E-state index contributed by atoms with van der Waals surface area (Å²) in [6.07, 6.45) is 1.57. The van der Waals surface area contributed by atoms with Crippen LogP contribution >= 0.6 is 0 Å². The molecule has 1 atom stereocenters. The summed E-state index contributed by atoms with van der Waals surface area (Å²) >= 11 is 0. The summed E-state index contributed by atoms with van der Waals surface area (Å²) in [5.41, 5.74) is 6.20. The molecule has 0 fully saturated rings. The Bertz CT molecular complexity index is 235. The molecule has 0 bridgehead atoms. The van der Waals surface area contributed by atoms with Crippen LogP contribution in [0.15, 0.2) is 18.3 Å². The van der Waals surface area contributed by atoms with Gasteiger partial charge in [-0.25, -0.2) is 0 Å². The van der Waals surface area contributed by atoms with E-state index in [2.05, 4.69) is 4.98 Å². The SMILES string of the molecule is COc1ccc([C@@H](N)CO)nc1. The minimum absolute atomic E-state index is 0.0979. The van der Waals surface area contributed by atoms with E-state index in [0.717, 1.165) is 0 Å². The van der Waals surface area contributed by atoms with Crippen LogP contribution in [0.1, 0.15) is 11.7 Å². The number of hydrogen-bond acceptors (Lipinski definition) is 4. The monoisotopic (exact) mass is 168 g/mol. The summed E-state index contributed by atoms with van der Waals surface area (Å²) in [5.74, 6) is 0.684. The van der Waals surface area contributed by atoms with Gasteiger partial charge in [-0.15, -0.1) is 0 Å². The molecule has 66 valence electrons. The van der Waals surface area contributed by atoms with Gasteiger partial charge in [0.1, 0.15) is 5.75 Å². The van der Waals surface area contributed by atoms with Gasteiger partial charge in [-0.2, -0.15) is 0 Å². The molecule has 12 heavy (non-hydrogen) atoms. The fourth-order valence-electron chi connectivity index (χ4n) is 0.825. The van der Waals surface area contributed by atoms with Crippen LogP contribution in [0.25, 0.3) is 0 Å². The van der Waals surface area contributed by atoms with Crippen molar-refractivity contribution < 1.29 is 9.84 Å². The van der Waals surface area contributed by atoms with Gasteiger partial charge < -0.3 is 15.6 Å². The van der Waals surface area contributed by atoms with Gasteiger partial charge in [0.25, 0.3) is 0 Å². The molecule has 1 aromatic heterocycles. The van der Waals surface area contributed by atoms with Gasteiger partial charge >= 0.3 is 0 Å². The van der Waals surface area contributed by atoms with E-state index in [1.165, 1.54) is 0 Å². The first-order valence-corrected chi connectivity index (χ1v) is 3.64. The molecule has 4 nitrogen and oxygen atoms in total. The molecule has 0 spiro atoms. The van der Waals surface area contributed by atoms with Crippen LogP contribution in [0.3, 0.4) is 0 Å². The Kier molecular flexibility index (Phi) is 3.01. The van der Waals surface area contributed by atoms with E-state index in [4.69, 9.17) is 15.6 Å². The van der Waals surface area contributed by atoms with Crippen molar-refractivity contribution in [2.75, 3.05) is 13.7 Å². The highest BCUT2D eigenvalue weighted by molar-refractivity contribution is 5.21. The molecular formula is C8H12N2O2. The lowest BCUT2D eigenvalue weighted by atomic mass is 10.2. The van der Waals surface area contributed by atoms with E-state index in [1.54, 1.807) is 25.4 Å². The van der Waals surface area contributed by atoms with Crippen LogP contribution in [0.4, 0.5) is 0 Å². The Morgan fingerprint density at radius 2 is 2.42 bits per heavy atom. The third kappa shape index (κ3) is 1.93. The van der Waals surface area contributed by atoms with Crippen molar-refractivity contribution in [2.45, 2.75) is 6.04 Å². The van der Waals surface area contributed by atoms with Gasteiger partial charge in [0.15, 0.2) is 0 Å². The van der Waals surface area contributed by atoms with Gasteiger partial charge in [0.05, 0.1) is 31.6 Å². The van der Waals surface area contributed by atoms with Gasteiger partial charge in [-0.3, -0.25) is 4.98 Å². The van der Waals surface area contributed by atoms with Crippen molar-refractivity contribution in [1.29, 1.82) is 0 Å². The van der Waals surface area contributed by atoms with E-state index in [-0.39, 0.29) is 6.61 Å². The number of hydrogen-bond donors (Lipinski definition) is 2. The first kappa shape index (κ1) is 8.96. The van der Waals surface area contributed by atoms with E-state index >= 15 is 0 Å². The number of nitrogens with zero attached hydrogens (tertiary/aromatic N) is 1. The van der Waals surface area contributed by atoms with E-state index in [1.807, 2.05) is 0 Å². The number of aliphatic hydroxyl groups is 1. The van der Waals surface area contributed by atoms with Crippen molar-refractivity contribution in [3.8, 4) is 5.75 Å². The first-order chi connectivity index (χ1) is 5.77. The Hall–Kier alpha value is -1.13. The Morgan fingerprint density at radius 1 is 1.67 bits per heavy atom. The van der Waals surface area contributed by atoms with E-state index in [0.29, 0.717) is 11.4 Å². The van der Waals surface area contributed by atoms with Crippen LogP contribution < -0.4 is 10.5 Å². The van der Waals surface area contributed by atoms with Crippen molar-refractivity contribution in [3.63, 3.8) is 0 Å². The smallest absolute Gasteiger partial charge is 0.137 e. The molecule has 0 unspecified atom stereocenters. The van der Waals surface area contributed by atoms with E-state index < -0.39 is 6.04 Å². The molecule has 0 saturated carbocycles. The molecule has 1 aromatic rings. The number of rotatable bonds is 3. The van der Waals surface area contributed by atoms with Crippen molar-refractivity contribution in [3.05, 3.63) is 24.0 Å². The van der Waals surface area contributed by atoms with Crippen LogP contribution in [0, 0.1) is 0 Å². The first-order valence-electron chi connectivity index (χ1n) is 3.64. The van der Waals surface area contributed by atoms with Crippen molar-refractivity contribution in [2.24, 2.45) is 5.73 Å². The second-order valence-electron chi connectivity index (χ2n) is 2.41. The van der Waals surface area contributed by atoms with Gasteiger partial charge in [0, 0.05) is 0 Å². The third-order valence-corrected chi connectivity index (χ3v) is 1.57. The summed E-state index contributed by atoms with van der Waals surface area (Å²) in [6, 6.07) is 3.09. The highest BCUT2D eigenvalue weighted by Gasteiger charge is 2.04. The van der Waals surface area contributed by atoms with Crippen LogP contribution in [-0.2, 0) is 0 Å². The molecular weight excluding hydrogens is 156 g/mol. The maximum absolute atomic E-state index is 8.72. The topological polar surface area (TPSA) is 68.4 Å². The standard InChI is InChI=1S/C8H12N2O2/c1-12-6-2-3-8(10-4-6)7(9)5-11/h2-4,7,11H,5,9H2,1H3/t7-/m0/s1. The Balaban J connectivity index is 2.77. The number of aromatic nitrogens is 1. The number of aliphatic hydroxyl groups excluding tert-OH is 1. The maximum atomic E-state index is 8.72. The summed E-state index contributed by atoms with van der Waals surface area (Å²) < 4.78 is 4.92. The quantitative estimate of drug-likeness (QED) is 0.670. The summed E-state index contributed by atoms with van der Waals surface area (Å²) in [7, 11) is 1.57. The minimum atomic E-state index is -0.407. The van der Waals surface area contributed by atoms with Crippen molar-refractivity contribution >= 4 is 0 Å². The van der Waals surface area contributed by atoms with Crippen LogP contribution in [0.2, 0.25) is 0 Å². The molecule has 0 radical (unpaired) electrons. The zero-order valence-electron chi connectivity index (χ0n) is 6.90. The molecule has 0 aliphatic carbocycles. The molecule has 1 rings (SSSR count). The number of methoxy groups -OCH3 is 1. The zero-order valence-corrected chi connectivity index (χ0v) is 6.90. The second kappa shape index (κ2) is 4.04. The summed E-state index contributed by atoms with van der Waals surface area (Å²) in [6.45, 7) is -0.0979. The van der Waals surface area contributed by atoms with Crippen LogP contribution in [-0.4, -0.2) is 23.8 Å². The maximum Gasteiger partial charge on any atom is 0.137 e. The molecule has 0 aliphatic heterocycles. The molecule has 4 heteroatoms. The van der Waals surface area contributed by atoms with E-state index in [9.17, 15) is 0 Å². The molecule has 0 aliphatic rings. The summed E-state index contributed by atoms with van der Waals surface area (Å²) in [4.78, 5) is 4.01. The Labute approximate surface area is 71.0 Å². The number of pyridine rings is 1. The molecule has 0 amide bonds. The normalized spacial score (nSPS) is 12.6. The highest BCUT2D eigenvalue weighted by atomic mass is 16.5. The zero-order chi connectivity index (χ0) is 8.97. The Morgan fingerprint density at radius 3 is 2.83 bits per heavy atom. The number of nitrogens with two attached hydrogens (primary N) is 1. The minimum Gasteiger partial charge on any atom is -0.495 e. The molecule has 0 aromatic carbocycles. The fraction of sp³-hybridized carbons (Fsp3) is 0.375. The summed E-state index contributed by atoms with van der Waals surface area (Å²) in [5, 5.41) is 8.72. The average molecular weight is 168 g/mol. The molecule has 0 saturated heterocycles. The van der Waals surface area contributed by atoms with Gasteiger partial charge in [0.2, 0.25) is 0 Å². The van der Waals surface area contributed by atoms with Crippen molar-refractivity contribution in [1.82, 2.24) is 4.98 Å². The lowest BCUT2D eigenvalue weighted by Gasteiger charge is -2.07. The fourth-order valence-corrected chi connectivity index (χ4v) is 0.825. The predicted molar refractivity (Wildman–Crippen MR) is 44.8 cm³/mol. The lowest BCUT2D eigenvalue weighted by molar-refractivity contribution is 0.265. The number of ether oxygens (including phenoxy) is 1.